The summed E-state index contributed by atoms with van der Waals surface area (Å²) >= 11 is 1.49. The number of hydrogen-bond acceptors (Lipinski definition) is 5. The fourth-order valence-corrected chi connectivity index (χ4v) is 3.88. The molecular formula is C22H20N4O2S. The summed E-state index contributed by atoms with van der Waals surface area (Å²) in [6, 6.07) is 13.8. The predicted octanol–water partition coefficient (Wildman–Crippen LogP) is 4.74. The van der Waals surface area contributed by atoms with Crippen molar-refractivity contribution in [1.82, 2.24) is 14.6 Å². The van der Waals surface area contributed by atoms with E-state index >= 15 is 0 Å². The van der Waals surface area contributed by atoms with Gasteiger partial charge in [0.15, 0.2) is 0 Å². The van der Waals surface area contributed by atoms with Gasteiger partial charge in [0.2, 0.25) is 4.96 Å². The van der Waals surface area contributed by atoms with Gasteiger partial charge in [0.05, 0.1) is 12.8 Å². The first-order valence-electron chi connectivity index (χ1n) is 9.08. The van der Waals surface area contributed by atoms with Crippen LogP contribution in [0.5, 0.6) is 5.75 Å². The number of hydrogen-bond donors (Lipinski definition) is 1. The molecule has 0 saturated heterocycles. The number of benzene rings is 2. The SMILES string of the molecule is COc1ccc(/C=C/C(=O)Nc2nc3scc(-c4ccc(C)cc4C)n3n2)cc1. The lowest BCUT2D eigenvalue weighted by Crippen LogP contribution is -2.09. The molecule has 2 aromatic heterocycles. The van der Waals surface area contributed by atoms with Gasteiger partial charge in [-0.1, -0.05) is 35.9 Å². The van der Waals surface area contributed by atoms with Crippen molar-refractivity contribution in [3.8, 4) is 17.0 Å². The second kappa shape index (κ2) is 7.89. The van der Waals surface area contributed by atoms with E-state index in [1.54, 1.807) is 17.7 Å². The minimum atomic E-state index is -0.285. The number of amides is 1. The Kier molecular flexibility index (Phi) is 5.14. The molecule has 0 aliphatic heterocycles. The van der Waals surface area contributed by atoms with Crippen LogP contribution in [-0.4, -0.2) is 27.6 Å². The van der Waals surface area contributed by atoms with Crippen LogP contribution in [0.2, 0.25) is 0 Å². The Morgan fingerprint density at radius 1 is 1.17 bits per heavy atom. The molecule has 0 fully saturated rings. The number of anilines is 1. The molecule has 4 aromatic rings. The number of thiazole rings is 1. The van der Waals surface area contributed by atoms with Crippen molar-refractivity contribution < 1.29 is 9.53 Å². The van der Waals surface area contributed by atoms with Crippen LogP contribution in [0.1, 0.15) is 16.7 Å². The monoisotopic (exact) mass is 404 g/mol. The van der Waals surface area contributed by atoms with Crippen LogP contribution in [0, 0.1) is 13.8 Å². The molecule has 4 rings (SSSR count). The molecule has 0 aliphatic carbocycles. The van der Waals surface area contributed by atoms with E-state index in [1.807, 2.05) is 29.6 Å². The summed E-state index contributed by atoms with van der Waals surface area (Å²) in [5.41, 5.74) is 5.35. The fraction of sp³-hybridized carbons (Fsp3) is 0.136. The summed E-state index contributed by atoms with van der Waals surface area (Å²) in [6.07, 6.45) is 3.19. The zero-order valence-corrected chi connectivity index (χ0v) is 17.2. The maximum atomic E-state index is 12.2. The van der Waals surface area contributed by atoms with Crippen LogP contribution in [0.15, 0.2) is 53.9 Å². The summed E-state index contributed by atoms with van der Waals surface area (Å²) in [4.78, 5) is 17.4. The quantitative estimate of drug-likeness (QED) is 0.488. The van der Waals surface area contributed by atoms with Crippen molar-refractivity contribution >= 4 is 34.2 Å². The number of ether oxygens (including phenoxy) is 1. The smallest absolute Gasteiger partial charge is 0.250 e. The molecule has 0 spiro atoms. The van der Waals surface area contributed by atoms with Crippen molar-refractivity contribution in [2.75, 3.05) is 12.4 Å². The zero-order valence-electron chi connectivity index (χ0n) is 16.3. The lowest BCUT2D eigenvalue weighted by molar-refractivity contribution is -0.111. The van der Waals surface area contributed by atoms with E-state index in [1.165, 1.54) is 28.5 Å². The minimum Gasteiger partial charge on any atom is -0.497 e. The summed E-state index contributed by atoms with van der Waals surface area (Å²) in [6.45, 7) is 4.15. The lowest BCUT2D eigenvalue weighted by Gasteiger charge is -2.05. The maximum absolute atomic E-state index is 12.2. The number of rotatable bonds is 5. The molecule has 1 N–H and O–H groups in total. The van der Waals surface area contributed by atoms with Crippen LogP contribution < -0.4 is 10.1 Å². The Balaban J connectivity index is 1.52. The second-order valence-corrected chi connectivity index (χ2v) is 7.50. The number of fused-ring (bicyclic) bond motifs is 1. The topological polar surface area (TPSA) is 68.5 Å². The molecule has 0 atom stereocenters. The van der Waals surface area contributed by atoms with Gasteiger partial charge in [-0.15, -0.1) is 16.4 Å². The van der Waals surface area contributed by atoms with Crippen molar-refractivity contribution in [3.63, 3.8) is 0 Å². The van der Waals surface area contributed by atoms with Gasteiger partial charge >= 0.3 is 0 Å². The molecule has 0 aliphatic rings. The molecule has 0 unspecified atom stereocenters. The van der Waals surface area contributed by atoms with Gasteiger partial charge in [-0.05, 0) is 43.2 Å². The first-order chi connectivity index (χ1) is 14.0. The molecule has 6 nitrogen and oxygen atoms in total. The van der Waals surface area contributed by atoms with Crippen molar-refractivity contribution in [2.24, 2.45) is 0 Å². The molecule has 1 amide bonds. The summed E-state index contributed by atoms with van der Waals surface area (Å²) in [5, 5.41) is 9.22. The summed E-state index contributed by atoms with van der Waals surface area (Å²) < 4.78 is 6.90. The van der Waals surface area contributed by atoms with E-state index in [2.05, 4.69) is 47.4 Å². The average molecular weight is 404 g/mol. The average Bonchev–Trinajstić information content (AvgIpc) is 3.27. The van der Waals surface area contributed by atoms with Crippen LogP contribution in [0.25, 0.3) is 22.3 Å². The lowest BCUT2D eigenvalue weighted by atomic mass is 10.0. The van der Waals surface area contributed by atoms with Crippen molar-refractivity contribution in [2.45, 2.75) is 13.8 Å². The molecule has 0 radical (unpaired) electrons. The zero-order chi connectivity index (χ0) is 20.4. The third-order valence-corrected chi connectivity index (χ3v) is 5.33. The largest absolute Gasteiger partial charge is 0.497 e. The van der Waals surface area contributed by atoms with Gasteiger partial charge in [0.1, 0.15) is 5.75 Å². The molecule has 2 aromatic carbocycles. The van der Waals surface area contributed by atoms with Gasteiger partial charge in [-0.25, -0.2) is 4.52 Å². The van der Waals surface area contributed by atoms with Crippen LogP contribution in [0.3, 0.4) is 0 Å². The Hall–Kier alpha value is -3.45. The maximum Gasteiger partial charge on any atom is 0.250 e. The molecule has 7 heteroatoms. The number of methoxy groups -OCH3 is 1. The van der Waals surface area contributed by atoms with E-state index in [0.717, 1.165) is 27.5 Å². The molecular weight excluding hydrogens is 384 g/mol. The van der Waals surface area contributed by atoms with E-state index in [0.29, 0.717) is 0 Å². The number of aryl methyl sites for hydroxylation is 2. The number of carbonyl (C=O) groups excluding carboxylic acids is 1. The fourth-order valence-electron chi connectivity index (χ4n) is 3.06. The molecule has 146 valence electrons. The Labute approximate surface area is 172 Å². The van der Waals surface area contributed by atoms with Gasteiger partial charge in [0.25, 0.3) is 11.9 Å². The van der Waals surface area contributed by atoms with E-state index in [4.69, 9.17) is 4.74 Å². The van der Waals surface area contributed by atoms with Crippen molar-refractivity contribution in [3.05, 3.63) is 70.6 Å². The van der Waals surface area contributed by atoms with Gasteiger partial charge in [-0.2, -0.15) is 4.98 Å². The molecule has 2 heterocycles. The third-order valence-electron chi connectivity index (χ3n) is 4.52. The normalized spacial score (nSPS) is 11.3. The Morgan fingerprint density at radius 3 is 2.69 bits per heavy atom. The summed E-state index contributed by atoms with van der Waals surface area (Å²) in [5.74, 6) is 0.771. The van der Waals surface area contributed by atoms with Crippen LogP contribution in [0.4, 0.5) is 5.95 Å². The standard InChI is InChI=1S/C22H20N4O2S/c1-14-4-10-18(15(2)12-14)19-13-29-22-24-21(25-26(19)22)23-20(27)11-7-16-5-8-17(28-3)9-6-16/h4-13H,1-3H3,(H,23,25,27)/b11-7+. The highest BCUT2D eigenvalue weighted by molar-refractivity contribution is 7.15. The first kappa shape index (κ1) is 18.9. The van der Waals surface area contributed by atoms with E-state index < -0.39 is 0 Å². The number of carbonyl (C=O) groups is 1. The molecule has 0 saturated carbocycles. The number of nitrogens with zero attached hydrogens (tertiary/aromatic N) is 3. The Morgan fingerprint density at radius 2 is 1.97 bits per heavy atom. The first-order valence-corrected chi connectivity index (χ1v) is 9.96. The van der Waals surface area contributed by atoms with E-state index in [9.17, 15) is 4.79 Å². The van der Waals surface area contributed by atoms with E-state index in [-0.39, 0.29) is 11.9 Å². The minimum absolute atomic E-state index is 0.284. The number of aromatic nitrogens is 3. The van der Waals surface area contributed by atoms with Gasteiger partial charge < -0.3 is 4.74 Å². The third kappa shape index (κ3) is 4.05. The second-order valence-electron chi connectivity index (χ2n) is 6.66. The van der Waals surface area contributed by atoms with Crippen LogP contribution >= 0.6 is 11.3 Å². The number of nitrogens with one attached hydrogen (secondary N) is 1. The highest BCUT2D eigenvalue weighted by Gasteiger charge is 2.14. The summed E-state index contributed by atoms with van der Waals surface area (Å²) in [7, 11) is 1.62. The Bertz CT molecular complexity index is 1210. The van der Waals surface area contributed by atoms with Crippen LogP contribution in [-0.2, 0) is 4.79 Å². The molecule has 29 heavy (non-hydrogen) atoms. The van der Waals surface area contributed by atoms with Gasteiger partial charge in [0, 0.05) is 17.0 Å². The van der Waals surface area contributed by atoms with Gasteiger partial charge in [-0.3, -0.25) is 10.1 Å². The highest BCUT2D eigenvalue weighted by atomic mass is 32.1. The predicted molar refractivity (Wildman–Crippen MR) is 116 cm³/mol. The van der Waals surface area contributed by atoms with Crippen molar-refractivity contribution in [1.29, 1.82) is 0 Å². The highest BCUT2D eigenvalue weighted by Crippen LogP contribution is 2.28. The molecule has 0 bridgehead atoms.